The summed E-state index contributed by atoms with van der Waals surface area (Å²) in [6.07, 6.45) is 2.23. The molecule has 0 radical (unpaired) electrons. The highest BCUT2D eigenvalue weighted by Crippen LogP contribution is 2.34. The fourth-order valence-electron chi connectivity index (χ4n) is 4.55. The van der Waals surface area contributed by atoms with Gasteiger partial charge >= 0.3 is 0 Å². The summed E-state index contributed by atoms with van der Waals surface area (Å²) in [6.45, 7) is 13.3. The van der Waals surface area contributed by atoms with Crippen molar-refractivity contribution in [2.75, 3.05) is 46.9 Å². The second-order valence-corrected chi connectivity index (χ2v) is 9.78. The van der Waals surface area contributed by atoms with Gasteiger partial charge in [-0.25, -0.2) is 0 Å². The number of carbonyl (C=O) groups excluding carboxylic acids is 1. The van der Waals surface area contributed by atoms with Crippen LogP contribution in [0.5, 0.6) is 5.75 Å². The molecule has 5 heteroatoms. The summed E-state index contributed by atoms with van der Waals surface area (Å²) in [6, 6.07) is 12.5. The number of aryl methyl sites for hydroxylation is 1. The average molecular weight is 452 g/mol. The molecule has 1 atom stereocenters. The zero-order valence-electron chi connectivity index (χ0n) is 21.3. The van der Waals surface area contributed by atoms with Crippen LogP contribution in [-0.4, -0.2) is 62.6 Å². The average Bonchev–Trinajstić information content (AvgIpc) is 2.75. The normalized spacial score (nSPS) is 15.4. The van der Waals surface area contributed by atoms with Gasteiger partial charge in [0.05, 0.1) is 6.61 Å². The van der Waals surface area contributed by atoms with Crippen LogP contribution in [0.4, 0.5) is 0 Å². The number of nitrogens with one attached hydrogen (secondary N) is 1. The molecule has 1 saturated heterocycles. The summed E-state index contributed by atoms with van der Waals surface area (Å²) in [5.74, 6) is 1.55. The Morgan fingerprint density at radius 3 is 2.52 bits per heavy atom. The molecule has 1 unspecified atom stereocenters. The molecule has 5 nitrogen and oxygen atoms in total. The van der Waals surface area contributed by atoms with Gasteiger partial charge in [-0.15, -0.1) is 0 Å². The quantitative estimate of drug-likeness (QED) is 0.501. The SMILES string of the molecule is Cc1ccccc1C(=O)NCC1CN(C(C)c2ccc(OCCCCN(C)C)c(C)c2C)C1. The topological polar surface area (TPSA) is 44.8 Å². The standard InChI is InChI=1S/C28H41N3O2/c1-20-11-7-8-12-25(20)28(32)29-17-24-18-31(19-24)23(4)26-13-14-27(22(3)21(26)2)33-16-10-9-15-30(5)6/h7-8,11-14,23-24H,9-10,15-19H2,1-6H3,(H,29,32). The Morgan fingerprint density at radius 2 is 1.82 bits per heavy atom. The van der Waals surface area contributed by atoms with Crippen LogP contribution in [0.15, 0.2) is 36.4 Å². The van der Waals surface area contributed by atoms with Crippen molar-refractivity contribution in [2.45, 2.75) is 46.6 Å². The zero-order chi connectivity index (χ0) is 24.0. The van der Waals surface area contributed by atoms with Crippen LogP contribution in [0.2, 0.25) is 0 Å². The summed E-state index contributed by atoms with van der Waals surface area (Å²) in [4.78, 5) is 17.2. The molecule has 0 saturated carbocycles. The molecule has 2 aromatic rings. The number of benzene rings is 2. The lowest BCUT2D eigenvalue weighted by Crippen LogP contribution is -2.52. The first-order valence-electron chi connectivity index (χ1n) is 12.2. The smallest absolute Gasteiger partial charge is 0.251 e. The second kappa shape index (κ2) is 11.7. The van der Waals surface area contributed by atoms with Crippen LogP contribution in [0, 0.1) is 26.7 Å². The lowest BCUT2D eigenvalue weighted by Gasteiger charge is -2.44. The van der Waals surface area contributed by atoms with E-state index < -0.39 is 0 Å². The summed E-state index contributed by atoms with van der Waals surface area (Å²) >= 11 is 0. The Morgan fingerprint density at radius 1 is 1.09 bits per heavy atom. The van der Waals surface area contributed by atoms with Gasteiger partial charge in [-0.3, -0.25) is 9.69 Å². The maximum Gasteiger partial charge on any atom is 0.251 e. The molecule has 180 valence electrons. The number of carbonyl (C=O) groups is 1. The number of ether oxygens (including phenoxy) is 1. The Bertz CT molecular complexity index is 935. The van der Waals surface area contributed by atoms with Crippen molar-refractivity contribution in [3.63, 3.8) is 0 Å². The molecular formula is C28H41N3O2. The van der Waals surface area contributed by atoms with Crippen molar-refractivity contribution in [3.8, 4) is 5.75 Å². The number of likely N-dealkylation sites (tertiary alicyclic amines) is 1. The highest BCUT2D eigenvalue weighted by molar-refractivity contribution is 5.95. The van der Waals surface area contributed by atoms with E-state index in [0.717, 1.165) is 62.5 Å². The predicted molar refractivity (Wildman–Crippen MR) is 136 cm³/mol. The third-order valence-corrected chi connectivity index (χ3v) is 6.96. The molecule has 0 spiro atoms. The monoisotopic (exact) mass is 451 g/mol. The van der Waals surface area contributed by atoms with Gasteiger partial charge in [0.2, 0.25) is 0 Å². The minimum Gasteiger partial charge on any atom is -0.493 e. The van der Waals surface area contributed by atoms with Crippen LogP contribution in [0.1, 0.15) is 58.4 Å². The lowest BCUT2D eigenvalue weighted by atomic mass is 9.91. The van der Waals surface area contributed by atoms with Crippen LogP contribution >= 0.6 is 0 Å². The van der Waals surface area contributed by atoms with E-state index in [9.17, 15) is 4.79 Å². The van der Waals surface area contributed by atoms with Gasteiger partial charge in [0.15, 0.2) is 0 Å². The van der Waals surface area contributed by atoms with E-state index in [-0.39, 0.29) is 5.91 Å². The molecule has 1 heterocycles. The lowest BCUT2D eigenvalue weighted by molar-refractivity contribution is 0.0569. The van der Waals surface area contributed by atoms with E-state index >= 15 is 0 Å². The third-order valence-electron chi connectivity index (χ3n) is 6.96. The van der Waals surface area contributed by atoms with Gasteiger partial charge in [-0.2, -0.15) is 0 Å². The minimum absolute atomic E-state index is 0.0309. The van der Waals surface area contributed by atoms with Crippen molar-refractivity contribution in [1.29, 1.82) is 0 Å². The summed E-state index contributed by atoms with van der Waals surface area (Å²) in [5.41, 5.74) is 5.73. The predicted octanol–water partition coefficient (Wildman–Crippen LogP) is 4.76. The molecule has 3 rings (SSSR count). The minimum atomic E-state index is 0.0309. The number of nitrogens with zero attached hydrogens (tertiary/aromatic N) is 2. The Labute approximate surface area is 200 Å². The summed E-state index contributed by atoms with van der Waals surface area (Å²) in [7, 11) is 4.21. The van der Waals surface area contributed by atoms with Crippen molar-refractivity contribution in [3.05, 3.63) is 64.2 Å². The zero-order valence-corrected chi connectivity index (χ0v) is 21.3. The van der Waals surface area contributed by atoms with Gasteiger partial charge in [-0.05, 0) is 95.6 Å². The largest absolute Gasteiger partial charge is 0.493 e. The first kappa shape index (κ1) is 25.3. The second-order valence-electron chi connectivity index (χ2n) is 9.78. The number of amides is 1. The third kappa shape index (κ3) is 6.58. The van der Waals surface area contributed by atoms with E-state index in [4.69, 9.17) is 4.74 Å². The molecule has 1 N–H and O–H groups in total. The molecular weight excluding hydrogens is 410 g/mol. The summed E-state index contributed by atoms with van der Waals surface area (Å²) < 4.78 is 6.08. The Balaban J connectivity index is 1.46. The van der Waals surface area contributed by atoms with Crippen LogP contribution in [0.25, 0.3) is 0 Å². The molecule has 1 aliphatic heterocycles. The molecule has 0 aliphatic carbocycles. The van der Waals surface area contributed by atoms with Gasteiger partial charge in [-0.1, -0.05) is 24.3 Å². The number of hydrogen-bond donors (Lipinski definition) is 1. The molecule has 33 heavy (non-hydrogen) atoms. The van der Waals surface area contributed by atoms with Gasteiger partial charge < -0.3 is 15.0 Å². The van der Waals surface area contributed by atoms with Crippen LogP contribution in [0.3, 0.4) is 0 Å². The van der Waals surface area contributed by atoms with Crippen molar-refractivity contribution >= 4 is 5.91 Å². The summed E-state index contributed by atoms with van der Waals surface area (Å²) in [5, 5.41) is 3.12. The highest BCUT2D eigenvalue weighted by atomic mass is 16.5. The number of unbranched alkanes of at least 4 members (excludes halogenated alkanes) is 1. The first-order chi connectivity index (χ1) is 15.8. The van der Waals surface area contributed by atoms with E-state index in [1.807, 2.05) is 31.2 Å². The van der Waals surface area contributed by atoms with Gasteiger partial charge in [0.1, 0.15) is 5.75 Å². The fourth-order valence-corrected chi connectivity index (χ4v) is 4.55. The maximum absolute atomic E-state index is 12.5. The van der Waals surface area contributed by atoms with Gasteiger partial charge in [0.25, 0.3) is 5.91 Å². The van der Waals surface area contributed by atoms with Crippen LogP contribution < -0.4 is 10.1 Å². The molecule has 0 bridgehead atoms. The maximum atomic E-state index is 12.5. The van der Waals surface area contributed by atoms with Crippen LogP contribution in [-0.2, 0) is 0 Å². The molecule has 2 aromatic carbocycles. The molecule has 0 aromatic heterocycles. The Kier molecular flexibility index (Phi) is 8.93. The molecule has 1 amide bonds. The van der Waals surface area contributed by atoms with Crippen molar-refractivity contribution in [2.24, 2.45) is 5.92 Å². The van der Waals surface area contributed by atoms with E-state index in [2.05, 4.69) is 62.1 Å². The number of rotatable bonds is 11. The van der Waals surface area contributed by atoms with E-state index in [1.54, 1.807) is 0 Å². The Hall–Kier alpha value is -2.37. The van der Waals surface area contributed by atoms with Gasteiger partial charge in [0, 0.05) is 37.2 Å². The molecule has 1 fully saturated rings. The highest BCUT2D eigenvalue weighted by Gasteiger charge is 2.32. The van der Waals surface area contributed by atoms with Crippen molar-refractivity contribution < 1.29 is 9.53 Å². The van der Waals surface area contributed by atoms with E-state index in [1.165, 1.54) is 16.7 Å². The van der Waals surface area contributed by atoms with Crippen molar-refractivity contribution in [1.82, 2.24) is 15.1 Å². The van der Waals surface area contributed by atoms with E-state index in [0.29, 0.717) is 12.0 Å². The molecule has 1 aliphatic rings. The first-order valence-corrected chi connectivity index (χ1v) is 12.2. The number of hydrogen-bond acceptors (Lipinski definition) is 4. The fraction of sp³-hybridized carbons (Fsp3) is 0.536.